The standard InChI is InChI=1S/C9H17N2.H2I/c1-9(2)4-5-11-7-6-10(3)8-11;/h6-9H,4-5H2,1-3H3;1H2/q2*+1. The highest BCUT2D eigenvalue weighted by Gasteiger charge is 2.00. The number of hydrogen-bond donors (Lipinski definition) is 0. The Morgan fingerprint density at radius 2 is 2.08 bits per heavy atom. The zero-order chi connectivity index (χ0) is 8.27. The molecule has 0 aliphatic carbocycles. The molecular formula is C9H19IN2+2. The lowest BCUT2D eigenvalue weighted by atomic mass is 10.1. The van der Waals surface area contributed by atoms with Gasteiger partial charge in [-0.05, 0) is 12.3 Å². The molecule has 0 saturated heterocycles. The third-order valence-electron chi connectivity index (χ3n) is 1.79. The van der Waals surface area contributed by atoms with Crippen molar-refractivity contribution in [3.63, 3.8) is 0 Å². The molecule has 0 bridgehead atoms. The summed E-state index contributed by atoms with van der Waals surface area (Å²) in [6.07, 6.45) is 7.56. The van der Waals surface area contributed by atoms with Crippen molar-refractivity contribution in [2.45, 2.75) is 26.8 Å². The van der Waals surface area contributed by atoms with Gasteiger partial charge in [-0.3, -0.25) is 0 Å². The van der Waals surface area contributed by atoms with Crippen LogP contribution < -0.4 is 28.5 Å². The van der Waals surface area contributed by atoms with E-state index >= 15 is 0 Å². The van der Waals surface area contributed by atoms with Gasteiger partial charge in [0.15, 0.2) is 0 Å². The summed E-state index contributed by atoms with van der Waals surface area (Å²) in [6, 6.07) is 0. The van der Waals surface area contributed by atoms with Gasteiger partial charge in [0.1, 0.15) is 12.4 Å². The summed E-state index contributed by atoms with van der Waals surface area (Å²) in [6.45, 7) is 5.64. The molecule has 0 aliphatic rings. The average Bonchev–Trinajstić information content (AvgIpc) is 2.31. The van der Waals surface area contributed by atoms with Crippen molar-refractivity contribution in [3.05, 3.63) is 18.7 Å². The number of halogens is 1. The van der Waals surface area contributed by atoms with Crippen LogP contribution in [0.1, 0.15) is 20.3 Å². The molecule has 1 aromatic rings. The molecule has 70 valence electrons. The molecule has 0 spiro atoms. The smallest absolute Gasteiger partial charge is 0.240 e. The van der Waals surface area contributed by atoms with Crippen LogP contribution >= 0.6 is 0 Å². The van der Waals surface area contributed by atoms with Gasteiger partial charge in [0.2, 0.25) is 30.3 Å². The molecule has 2 nitrogen and oxygen atoms in total. The summed E-state index contributed by atoms with van der Waals surface area (Å²) in [5.74, 6) is 0.794. The minimum Gasteiger partial charge on any atom is -0.240 e. The summed E-state index contributed by atoms with van der Waals surface area (Å²) in [5, 5.41) is 0. The van der Waals surface area contributed by atoms with Gasteiger partial charge in [0, 0.05) is 0 Å². The summed E-state index contributed by atoms with van der Waals surface area (Å²) in [4.78, 5) is 0. The van der Waals surface area contributed by atoms with Gasteiger partial charge >= 0.3 is 0 Å². The first kappa shape index (κ1) is 11.9. The second kappa shape index (κ2) is 5.56. The van der Waals surface area contributed by atoms with Gasteiger partial charge < -0.3 is 0 Å². The fraction of sp³-hybridized carbons (Fsp3) is 0.667. The van der Waals surface area contributed by atoms with Gasteiger partial charge in [-0.1, -0.05) is 13.8 Å². The maximum Gasteiger partial charge on any atom is 0.243 e. The van der Waals surface area contributed by atoms with Crippen LogP contribution in [-0.2, 0) is 13.6 Å². The number of aryl methyl sites for hydroxylation is 2. The minimum absolute atomic E-state index is 0. The Morgan fingerprint density at radius 1 is 1.42 bits per heavy atom. The molecule has 12 heavy (non-hydrogen) atoms. The highest BCUT2D eigenvalue weighted by Crippen LogP contribution is 2.00. The van der Waals surface area contributed by atoms with E-state index in [0.717, 1.165) is 12.5 Å². The van der Waals surface area contributed by atoms with Crippen molar-refractivity contribution in [3.8, 4) is 0 Å². The Hall–Kier alpha value is -0.0600. The van der Waals surface area contributed by atoms with Crippen LogP contribution in [0.25, 0.3) is 0 Å². The fourth-order valence-corrected chi connectivity index (χ4v) is 1.04. The van der Waals surface area contributed by atoms with Crippen molar-refractivity contribution < 1.29 is 28.5 Å². The zero-order valence-electron chi connectivity index (χ0n) is 8.07. The van der Waals surface area contributed by atoms with Crippen LogP contribution in [0, 0.1) is 5.92 Å². The first-order valence-electron chi connectivity index (χ1n) is 4.19. The van der Waals surface area contributed by atoms with E-state index in [-0.39, 0.29) is 24.0 Å². The number of hydrogen-bond acceptors (Lipinski definition) is 0. The van der Waals surface area contributed by atoms with E-state index in [4.69, 9.17) is 0 Å². The molecule has 0 aromatic carbocycles. The zero-order valence-corrected chi connectivity index (χ0v) is 10.6. The van der Waals surface area contributed by atoms with Gasteiger partial charge in [-0.15, -0.1) is 0 Å². The fourth-order valence-electron chi connectivity index (χ4n) is 1.04. The Morgan fingerprint density at radius 3 is 2.50 bits per heavy atom. The van der Waals surface area contributed by atoms with Gasteiger partial charge in [-0.2, -0.15) is 0 Å². The molecular weight excluding hydrogens is 263 g/mol. The molecule has 3 heteroatoms. The number of nitrogens with zero attached hydrogens (tertiary/aromatic N) is 2. The van der Waals surface area contributed by atoms with E-state index < -0.39 is 0 Å². The Labute approximate surface area is 91.6 Å². The lowest BCUT2D eigenvalue weighted by molar-refractivity contribution is -0.671. The quantitative estimate of drug-likeness (QED) is 0.441. The first-order valence-corrected chi connectivity index (χ1v) is 4.19. The second-order valence-electron chi connectivity index (χ2n) is 3.50. The van der Waals surface area contributed by atoms with E-state index in [0.29, 0.717) is 0 Å². The molecule has 0 saturated carbocycles. The lowest BCUT2D eigenvalue weighted by Gasteiger charge is -1.99. The van der Waals surface area contributed by atoms with E-state index in [2.05, 4.69) is 41.7 Å². The van der Waals surface area contributed by atoms with Crippen molar-refractivity contribution >= 4 is 0 Å². The first-order chi connectivity index (χ1) is 5.18. The van der Waals surface area contributed by atoms with Crippen molar-refractivity contribution in [2.75, 3.05) is 0 Å². The molecule has 1 heterocycles. The molecule has 1 rings (SSSR count). The highest BCUT2D eigenvalue weighted by atomic mass is 127. The summed E-state index contributed by atoms with van der Waals surface area (Å²) < 4.78 is 4.29. The molecule has 0 fully saturated rings. The molecule has 1 aromatic heterocycles. The molecule has 0 N–H and O–H groups in total. The summed E-state index contributed by atoms with van der Waals surface area (Å²) >= 11 is 0. The van der Waals surface area contributed by atoms with Crippen LogP contribution in [0.3, 0.4) is 0 Å². The largest absolute Gasteiger partial charge is 0.243 e. The van der Waals surface area contributed by atoms with Crippen LogP contribution in [0.5, 0.6) is 0 Å². The number of rotatable bonds is 3. The third kappa shape index (κ3) is 4.09. The second-order valence-corrected chi connectivity index (χ2v) is 3.50. The van der Waals surface area contributed by atoms with E-state index in [1.54, 1.807) is 0 Å². The topological polar surface area (TPSA) is 8.81 Å². The predicted octanol–water partition coefficient (Wildman–Crippen LogP) is -2.17. The molecule has 0 radical (unpaired) electrons. The Bertz CT molecular complexity index is 218. The third-order valence-corrected chi connectivity index (χ3v) is 1.79. The normalized spacial score (nSPS) is 10.0. The summed E-state index contributed by atoms with van der Waals surface area (Å²) in [5.41, 5.74) is 0. The summed E-state index contributed by atoms with van der Waals surface area (Å²) in [7, 11) is 2.05. The van der Waals surface area contributed by atoms with Gasteiger partial charge in [0.25, 0.3) is 0 Å². The highest BCUT2D eigenvalue weighted by molar-refractivity contribution is 4.65. The SMILES string of the molecule is CC(C)CCn1cc[n+](C)c1.[IH2+]. The molecule has 0 atom stereocenters. The molecule has 0 amide bonds. The molecule has 0 unspecified atom stereocenters. The van der Waals surface area contributed by atoms with Crippen LogP contribution in [0.2, 0.25) is 0 Å². The lowest BCUT2D eigenvalue weighted by Crippen LogP contribution is -3.00. The predicted molar refractivity (Wildman–Crippen MR) is 47.9 cm³/mol. The van der Waals surface area contributed by atoms with Gasteiger partial charge in [-0.25, -0.2) is 9.13 Å². The van der Waals surface area contributed by atoms with E-state index in [1.165, 1.54) is 6.42 Å². The van der Waals surface area contributed by atoms with Crippen LogP contribution in [-0.4, -0.2) is 4.57 Å². The van der Waals surface area contributed by atoms with Crippen LogP contribution in [0.15, 0.2) is 18.7 Å². The van der Waals surface area contributed by atoms with Gasteiger partial charge in [0.05, 0.1) is 13.6 Å². The minimum atomic E-state index is 0. The van der Waals surface area contributed by atoms with Crippen molar-refractivity contribution in [1.29, 1.82) is 0 Å². The van der Waals surface area contributed by atoms with E-state index in [1.807, 2.05) is 7.05 Å². The van der Waals surface area contributed by atoms with E-state index in [9.17, 15) is 0 Å². The number of aromatic nitrogens is 2. The van der Waals surface area contributed by atoms with Crippen molar-refractivity contribution in [1.82, 2.24) is 4.57 Å². The Kier molecular flexibility index (Phi) is 5.53. The maximum atomic E-state index is 2.25. The average molecular weight is 282 g/mol. The van der Waals surface area contributed by atoms with Crippen molar-refractivity contribution in [2.24, 2.45) is 13.0 Å². The maximum absolute atomic E-state index is 2.25. The Balaban J connectivity index is 0.00000121. The monoisotopic (exact) mass is 282 g/mol. The molecule has 0 aliphatic heterocycles. The number of imidazole rings is 1. The van der Waals surface area contributed by atoms with Crippen LogP contribution in [0.4, 0.5) is 0 Å².